The maximum atomic E-state index is 12.3. The fourth-order valence-electron chi connectivity index (χ4n) is 2.30. The Bertz CT molecular complexity index is 970. The third-order valence-corrected chi connectivity index (χ3v) is 5.81. The number of para-hydroxylation sites is 1. The largest absolute Gasteiger partial charge is 0.326 e. The van der Waals surface area contributed by atoms with Gasteiger partial charge in [0.05, 0.1) is 17.4 Å². The van der Waals surface area contributed by atoms with Gasteiger partial charge in [-0.05, 0) is 26.0 Å². The van der Waals surface area contributed by atoms with Crippen LogP contribution in [-0.2, 0) is 23.1 Å². The minimum Gasteiger partial charge on any atom is -0.326 e. The number of nitrogens with zero attached hydrogens (tertiary/aromatic N) is 4. The summed E-state index contributed by atoms with van der Waals surface area (Å²) in [5.41, 5.74) is 1.60. The second kappa shape index (κ2) is 8.98. The van der Waals surface area contributed by atoms with E-state index in [0.717, 1.165) is 11.4 Å². The number of amides is 2. The SMILES string of the molecule is Cc1csc(NC(=O)C(C)Sc2nnc(CC(=O)Nc3ccccc3)n2C)n1. The number of aromatic nitrogens is 4. The molecule has 8 nitrogen and oxygen atoms in total. The summed E-state index contributed by atoms with van der Waals surface area (Å²) in [5, 5.41) is 16.4. The highest BCUT2D eigenvalue weighted by molar-refractivity contribution is 8.00. The Balaban J connectivity index is 1.57. The first kappa shape index (κ1) is 20.0. The summed E-state index contributed by atoms with van der Waals surface area (Å²) in [7, 11) is 1.78. The molecule has 0 aliphatic carbocycles. The monoisotopic (exact) mass is 416 g/mol. The highest BCUT2D eigenvalue weighted by atomic mass is 32.2. The smallest absolute Gasteiger partial charge is 0.239 e. The number of carbonyl (C=O) groups excluding carboxylic acids is 2. The molecule has 2 aromatic heterocycles. The predicted octanol–water partition coefficient (Wildman–Crippen LogP) is 2.88. The molecule has 0 bridgehead atoms. The van der Waals surface area contributed by atoms with Crippen LogP contribution in [0.15, 0.2) is 40.9 Å². The molecule has 1 aromatic carbocycles. The van der Waals surface area contributed by atoms with Crippen LogP contribution in [0.5, 0.6) is 0 Å². The topological polar surface area (TPSA) is 102 Å². The molecular formula is C18H20N6O2S2. The molecule has 146 valence electrons. The van der Waals surface area contributed by atoms with E-state index in [0.29, 0.717) is 16.1 Å². The number of thioether (sulfide) groups is 1. The van der Waals surface area contributed by atoms with Gasteiger partial charge in [-0.1, -0.05) is 30.0 Å². The summed E-state index contributed by atoms with van der Waals surface area (Å²) >= 11 is 2.67. The predicted molar refractivity (Wildman–Crippen MR) is 111 cm³/mol. The zero-order chi connectivity index (χ0) is 20.1. The first-order chi connectivity index (χ1) is 13.4. The number of nitrogens with one attached hydrogen (secondary N) is 2. The van der Waals surface area contributed by atoms with Crippen LogP contribution in [0.2, 0.25) is 0 Å². The Kier molecular flexibility index (Phi) is 6.42. The lowest BCUT2D eigenvalue weighted by molar-refractivity contribution is -0.116. The zero-order valence-electron chi connectivity index (χ0n) is 15.7. The molecular weight excluding hydrogens is 396 g/mol. The molecule has 0 fully saturated rings. The van der Waals surface area contributed by atoms with Crippen molar-refractivity contribution >= 4 is 45.7 Å². The van der Waals surface area contributed by atoms with E-state index in [1.54, 1.807) is 18.5 Å². The van der Waals surface area contributed by atoms with Gasteiger partial charge in [0.15, 0.2) is 10.3 Å². The summed E-state index contributed by atoms with van der Waals surface area (Å²) in [5.74, 6) is 0.188. The molecule has 2 N–H and O–H groups in total. The second-order valence-electron chi connectivity index (χ2n) is 6.09. The number of benzene rings is 1. The average Bonchev–Trinajstić information content (AvgIpc) is 3.22. The van der Waals surface area contributed by atoms with Crippen molar-refractivity contribution in [3.8, 4) is 0 Å². The third kappa shape index (κ3) is 5.17. The quantitative estimate of drug-likeness (QED) is 0.574. The summed E-state index contributed by atoms with van der Waals surface area (Å²) in [6, 6.07) is 9.23. The molecule has 3 aromatic rings. The summed E-state index contributed by atoms with van der Waals surface area (Å²) < 4.78 is 1.73. The number of rotatable bonds is 7. The standard InChI is InChI=1S/C18H20N6O2S2/c1-11-10-27-17(19-11)21-16(26)12(2)28-18-23-22-14(24(18)3)9-15(25)20-13-7-5-4-6-8-13/h4-8,10,12H,9H2,1-3H3,(H,20,25)(H,19,21,26). The van der Waals surface area contributed by atoms with Crippen LogP contribution < -0.4 is 10.6 Å². The highest BCUT2D eigenvalue weighted by Crippen LogP contribution is 2.23. The minimum absolute atomic E-state index is 0.0952. The van der Waals surface area contributed by atoms with E-state index in [1.165, 1.54) is 23.1 Å². The van der Waals surface area contributed by atoms with Crippen LogP contribution in [-0.4, -0.2) is 36.8 Å². The molecule has 1 unspecified atom stereocenters. The van der Waals surface area contributed by atoms with E-state index in [9.17, 15) is 9.59 Å². The lowest BCUT2D eigenvalue weighted by Gasteiger charge is -2.10. The molecule has 28 heavy (non-hydrogen) atoms. The normalized spacial score (nSPS) is 11.8. The Morgan fingerprint density at radius 1 is 1.21 bits per heavy atom. The van der Waals surface area contributed by atoms with Crippen LogP contribution in [0, 0.1) is 6.92 Å². The molecule has 10 heteroatoms. The van der Waals surface area contributed by atoms with Crippen molar-refractivity contribution in [2.45, 2.75) is 30.7 Å². The number of thiazole rings is 1. The molecule has 0 spiro atoms. The van der Waals surface area contributed by atoms with Crippen LogP contribution in [0.4, 0.5) is 10.8 Å². The van der Waals surface area contributed by atoms with Gasteiger partial charge >= 0.3 is 0 Å². The van der Waals surface area contributed by atoms with E-state index < -0.39 is 5.25 Å². The van der Waals surface area contributed by atoms with Crippen molar-refractivity contribution in [1.29, 1.82) is 0 Å². The fourth-order valence-corrected chi connectivity index (χ4v) is 3.83. The van der Waals surface area contributed by atoms with E-state index in [4.69, 9.17) is 0 Å². The Labute approximate surface area is 170 Å². The first-order valence-corrected chi connectivity index (χ1v) is 10.3. The lowest BCUT2D eigenvalue weighted by Crippen LogP contribution is -2.23. The second-order valence-corrected chi connectivity index (χ2v) is 8.26. The molecule has 1 atom stereocenters. The lowest BCUT2D eigenvalue weighted by atomic mass is 10.3. The van der Waals surface area contributed by atoms with E-state index in [1.807, 2.05) is 42.6 Å². The van der Waals surface area contributed by atoms with E-state index >= 15 is 0 Å². The van der Waals surface area contributed by atoms with Crippen LogP contribution in [0.25, 0.3) is 0 Å². The number of anilines is 2. The molecule has 0 saturated carbocycles. The van der Waals surface area contributed by atoms with Crippen molar-refractivity contribution in [2.24, 2.45) is 7.05 Å². The van der Waals surface area contributed by atoms with Gasteiger partial charge in [-0.25, -0.2) is 4.98 Å². The number of aryl methyl sites for hydroxylation is 1. The Morgan fingerprint density at radius 3 is 2.64 bits per heavy atom. The van der Waals surface area contributed by atoms with Gasteiger partial charge in [0.2, 0.25) is 11.8 Å². The summed E-state index contributed by atoms with van der Waals surface area (Å²) in [6.07, 6.45) is 0.0952. The van der Waals surface area contributed by atoms with Gasteiger partial charge < -0.3 is 15.2 Å². The summed E-state index contributed by atoms with van der Waals surface area (Å²) in [6.45, 7) is 3.66. The number of hydrogen-bond acceptors (Lipinski definition) is 7. The van der Waals surface area contributed by atoms with Gasteiger partial charge in [0.1, 0.15) is 5.82 Å². The Morgan fingerprint density at radius 2 is 1.96 bits per heavy atom. The number of hydrogen-bond donors (Lipinski definition) is 2. The van der Waals surface area contributed by atoms with Gasteiger partial charge in [0, 0.05) is 18.1 Å². The first-order valence-electron chi connectivity index (χ1n) is 8.55. The van der Waals surface area contributed by atoms with Crippen LogP contribution in [0.1, 0.15) is 18.4 Å². The van der Waals surface area contributed by atoms with E-state index in [2.05, 4.69) is 25.8 Å². The van der Waals surface area contributed by atoms with Crippen molar-refractivity contribution in [1.82, 2.24) is 19.7 Å². The molecule has 2 amide bonds. The van der Waals surface area contributed by atoms with Crippen molar-refractivity contribution in [3.05, 3.63) is 47.2 Å². The molecule has 0 radical (unpaired) electrons. The average molecular weight is 417 g/mol. The van der Waals surface area contributed by atoms with Gasteiger partial charge in [0.25, 0.3) is 0 Å². The fraction of sp³-hybridized carbons (Fsp3) is 0.278. The number of carbonyl (C=O) groups is 2. The molecule has 0 aliphatic rings. The zero-order valence-corrected chi connectivity index (χ0v) is 17.3. The van der Waals surface area contributed by atoms with Gasteiger partial charge in [-0.15, -0.1) is 21.5 Å². The third-order valence-electron chi connectivity index (χ3n) is 3.80. The van der Waals surface area contributed by atoms with Crippen LogP contribution >= 0.6 is 23.1 Å². The van der Waals surface area contributed by atoms with Crippen LogP contribution in [0.3, 0.4) is 0 Å². The summed E-state index contributed by atoms with van der Waals surface area (Å²) in [4.78, 5) is 28.8. The van der Waals surface area contributed by atoms with Crippen molar-refractivity contribution < 1.29 is 9.59 Å². The highest BCUT2D eigenvalue weighted by Gasteiger charge is 2.20. The van der Waals surface area contributed by atoms with Gasteiger partial charge in [-0.2, -0.15) is 0 Å². The molecule has 0 aliphatic heterocycles. The van der Waals surface area contributed by atoms with Gasteiger partial charge in [-0.3, -0.25) is 9.59 Å². The van der Waals surface area contributed by atoms with Crippen molar-refractivity contribution in [3.63, 3.8) is 0 Å². The maximum absolute atomic E-state index is 12.3. The van der Waals surface area contributed by atoms with Crippen molar-refractivity contribution in [2.75, 3.05) is 10.6 Å². The molecule has 0 saturated heterocycles. The molecule has 3 rings (SSSR count). The molecule has 2 heterocycles. The minimum atomic E-state index is -0.391. The van der Waals surface area contributed by atoms with E-state index in [-0.39, 0.29) is 18.2 Å². The maximum Gasteiger partial charge on any atom is 0.239 e. The Hall–Kier alpha value is -2.72.